The number of nitrogens with one attached hydrogen (secondary N) is 1. The highest BCUT2D eigenvalue weighted by atomic mass is 79.9. The molecule has 0 saturated carbocycles. The number of aromatic nitrogens is 1. The van der Waals surface area contributed by atoms with Crippen LogP contribution in [0.25, 0.3) is 0 Å². The van der Waals surface area contributed by atoms with Gasteiger partial charge in [0.15, 0.2) is 0 Å². The third-order valence-electron chi connectivity index (χ3n) is 3.35. The molecule has 1 saturated heterocycles. The van der Waals surface area contributed by atoms with Gasteiger partial charge in [-0.25, -0.2) is 4.98 Å². The molecule has 0 unspecified atom stereocenters. The molecule has 1 aliphatic rings. The number of rotatable bonds is 4. The Kier molecular flexibility index (Phi) is 5.20. The number of benzene rings is 1. The second kappa shape index (κ2) is 7.32. The molecule has 5 nitrogen and oxygen atoms in total. The van der Waals surface area contributed by atoms with E-state index in [1.807, 2.05) is 29.6 Å². The first-order valence-corrected chi connectivity index (χ1v) is 8.69. The van der Waals surface area contributed by atoms with E-state index in [1.165, 1.54) is 11.3 Å². The average Bonchev–Trinajstić information content (AvgIpc) is 2.99. The third kappa shape index (κ3) is 4.13. The molecule has 1 aromatic heterocycles. The van der Waals surface area contributed by atoms with Crippen molar-refractivity contribution < 1.29 is 9.53 Å². The summed E-state index contributed by atoms with van der Waals surface area (Å²) in [6.45, 7) is 4.14. The Morgan fingerprint density at radius 2 is 2.05 bits per heavy atom. The molecule has 0 spiro atoms. The van der Waals surface area contributed by atoms with Gasteiger partial charge in [0.2, 0.25) is 0 Å². The van der Waals surface area contributed by atoms with Gasteiger partial charge >= 0.3 is 0 Å². The molecule has 2 heterocycles. The van der Waals surface area contributed by atoms with Gasteiger partial charge in [-0.05, 0) is 24.3 Å². The lowest BCUT2D eigenvalue weighted by Crippen LogP contribution is -2.35. The van der Waals surface area contributed by atoms with E-state index in [2.05, 4.69) is 31.1 Å². The normalized spacial score (nSPS) is 15.7. The molecule has 0 bridgehead atoms. The Morgan fingerprint density at radius 1 is 1.32 bits per heavy atom. The minimum Gasteiger partial charge on any atom is -0.379 e. The van der Waals surface area contributed by atoms with E-state index in [0.717, 1.165) is 48.0 Å². The third-order valence-corrected chi connectivity index (χ3v) is 4.71. The van der Waals surface area contributed by atoms with Crippen LogP contribution in [0.4, 0.5) is 5.69 Å². The zero-order valence-electron chi connectivity index (χ0n) is 11.9. The van der Waals surface area contributed by atoms with Gasteiger partial charge in [-0.3, -0.25) is 9.69 Å². The van der Waals surface area contributed by atoms with Crippen molar-refractivity contribution >= 4 is 38.9 Å². The first-order chi connectivity index (χ1) is 10.7. The van der Waals surface area contributed by atoms with Gasteiger partial charge in [-0.1, -0.05) is 15.9 Å². The number of halogens is 1. The molecule has 1 fully saturated rings. The molecule has 22 heavy (non-hydrogen) atoms. The SMILES string of the molecule is O=C(Nc1ccc(Br)cc1)c1csc(CN2CCOCC2)n1. The van der Waals surface area contributed by atoms with E-state index < -0.39 is 0 Å². The molecular formula is C15H16BrN3O2S. The summed E-state index contributed by atoms with van der Waals surface area (Å²) in [7, 11) is 0. The van der Waals surface area contributed by atoms with Gasteiger partial charge in [0, 0.05) is 28.6 Å². The number of hydrogen-bond acceptors (Lipinski definition) is 5. The molecule has 0 aliphatic carbocycles. The largest absolute Gasteiger partial charge is 0.379 e. The number of thiazole rings is 1. The maximum atomic E-state index is 12.2. The summed E-state index contributed by atoms with van der Waals surface area (Å²) < 4.78 is 6.31. The fourth-order valence-corrected chi connectivity index (χ4v) is 3.25. The van der Waals surface area contributed by atoms with E-state index in [4.69, 9.17) is 4.74 Å². The lowest BCUT2D eigenvalue weighted by molar-refractivity contribution is 0.0341. The summed E-state index contributed by atoms with van der Waals surface area (Å²) in [6, 6.07) is 7.48. The monoisotopic (exact) mass is 381 g/mol. The topological polar surface area (TPSA) is 54.5 Å². The average molecular weight is 382 g/mol. The Morgan fingerprint density at radius 3 is 2.77 bits per heavy atom. The number of morpholine rings is 1. The minimum absolute atomic E-state index is 0.174. The molecule has 1 N–H and O–H groups in total. The zero-order valence-corrected chi connectivity index (χ0v) is 14.3. The molecule has 1 aliphatic heterocycles. The molecular weight excluding hydrogens is 366 g/mol. The van der Waals surface area contributed by atoms with Crippen LogP contribution in [0.3, 0.4) is 0 Å². The number of anilines is 1. The van der Waals surface area contributed by atoms with Gasteiger partial charge in [0.05, 0.1) is 19.8 Å². The van der Waals surface area contributed by atoms with Crippen molar-refractivity contribution in [2.45, 2.75) is 6.54 Å². The van der Waals surface area contributed by atoms with Gasteiger partial charge in [-0.2, -0.15) is 0 Å². The van der Waals surface area contributed by atoms with Crippen molar-refractivity contribution in [1.82, 2.24) is 9.88 Å². The van der Waals surface area contributed by atoms with Crippen LogP contribution >= 0.6 is 27.3 Å². The quantitative estimate of drug-likeness (QED) is 0.884. The fraction of sp³-hybridized carbons (Fsp3) is 0.333. The molecule has 0 atom stereocenters. The summed E-state index contributed by atoms with van der Waals surface area (Å²) >= 11 is 4.89. The summed E-state index contributed by atoms with van der Waals surface area (Å²) in [5, 5.41) is 5.62. The first kappa shape index (κ1) is 15.6. The van der Waals surface area contributed by atoms with Gasteiger partial charge < -0.3 is 10.1 Å². The predicted molar refractivity (Wildman–Crippen MR) is 90.3 cm³/mol. The standard InChI is InChI=1S/C15H16BrN3O2S/c16-11-1-3-12(4-2-11)17-15(20)13-10-22-14(18-13)9-19-5-7-21-8-6-19/h1-4,10H,5-9H2,(H,17,20). The molecule has 116 valence electrons. The first-order valence-electron chi connectivity index (χ1n) is 7.02. The second-order valence-electron chi connectivity index (χ2n) is 4.98. The smallest absolute Gasteiger partial charge is 0.275 e. The maximum absolute atomic E-state index is 12.2. The van der Waals surface area contributed by atoms with E-state index in [-0.39, 0.29) is 5.91 Å². The van der Waals surface area contributed by atoms with Crippen molar-refractivity contribution in [1.29, 1.82) is 0 Å². The number of nitrogens with zero attached hydrogens (tertiary/aromatic N) is 2. The Balaban J connectivity index is 1.60. The number of ether oxygens (including phenoxy) is 1. The molecule has 2 aromatic rings. The highest BCUT2D eigenvalue weighted by Crippen LogP contribution is 2.17. The van der Waals surface area contributed by atoms with Crippen LogP contribution in [0.1, 0.15) is 15.5 Å². The molecule has 1 amide bonds. The highest BCUT2D eigenvalue weighted by molar-refractivity contribution is 9.10. The Hall–Kier alpha value is -1.28. The van der Waals surface area contributed by atoms with Crippen molar-refractivity contribution in [3.8, 4) is 0 Å². The van der Waals surface area contributed by atoms with Gasteiger partial charge in [0.1, 0.15) is 10.7 Å². The zero-order chi connectivity index (χ0) is 15.4. The van der Waals surface area contributed by atoms with Gasteiger partial charge in [-0.15, -0.1) is 11.3 Å². The van der Waals surface area contributed by atoms with Crippen LogP contribution in [0.2, 0.25) is 0 Å². The van der Waals surface area contributed by atoms with Gasteiger partial charge in [0.25, 0.3) is 5.91 Å². The lowest BCUT2D eigenvalue weighted by Gasteiger charge is -2.25. The number of hydrogen-bond donors (Lipinski definition) is 1. The van der Waals surface area contributed by atoms with E-state index in [1.54, 1.807) is 0 Å². The number of carbonyl (C=O) groups excluding carboxylic acids is 1. The van der Waals surface area contributed by atoms with Crippen LogP contribution in [-0.4, -0.2) is 42.1 Å². The Labute approximate surface area is 141 Å². The van der Waals surface area contributed by atoms with Crippen molar-refractivity contribution in [2.75, 3.05) is 31.6 Å². The molecule has 3 rings (SSSR count). The van der Waals surface area contributed by atoms with E-state index >= 15 is 0 Å². The number of carbonyl (C=O) groups is 1. The molecule has 0 radical (unpaired) electrons. The fourth-order valence-electron chi connectivity index (χ4n) is 2.17. The van der Waals surface area contributed by atoms with Crippen LogP contribution in [0.15, 0.2) is 34.1 Å². The van der Waals surface area contributed by atoms with Crippen LogP contribution in [0, 0.1) is 0 Å². The van der Waals surface area contributed by atoms with Crippen LogP contribution in [-0.2, 0) is 11.3 Å². The summed E-state index contributed by atoms with van der Waals surface area (Å²) in [6.07, 6.45) is 0. The summed E-state index contributed by atoms with van der Waals surface area (Å²) in [5.41, 5.74) is 1.23. The van der Waals surface area contributed by atoms with Crippen molar-refractivity contribution in [3.63, 3.8) is 0 Å². The summed E-state index contributed by atoms with van der Waals surface area (Å²) in [5.74, 6) is -0.174. The molecule has 7 heteroatoms. The van der Waals surface area contributed by atoms with Crippen molar-refractivity contribution in [3.05, 3.63) is 44.8 Å². The summed E-state index contributed by atoms with van der Waals surface area (Å²) in [4.78, 5) is 18.9. The minimum atomic E-state index is -0.174. The van der Waals surface area contributed by atoms with E-state index in [0.29, 0.717) is 5.69 Å². The Bertz CT molecular complexity index is 638. The lowest BCUT2D eigenvalue weighted by atomic mass is 10.3. The van der Waals surface area contributed by atoms with Crippen LogP contribution in [0.5, 0.6) is 0 Å². The van der Waals surface area contributed by atoms with E-state index in [9.17, 15) is 4.79 Å². The van der Waals surface area contributed by atoms with Crippen molar-refractivity contribution in [2.24, 2.45) is 0 Å². The van der Waals surface area contributed by atoms with Crippen LogP contribution < -0.4 is 5.32 Å². The maximum Gasteiger partial charge on any atom is 0.275 e. The number of amides is 1. The second-order valence-corrected chi connectivity index (χ2v) is 6.83. The highest BCUT2D eigenvalue weighted by Gasteiger charge is 2.15. The predicted octanol–water partition coefficient (Wildman–Crippen LogP) is 2.99. The molecule has 1 aromatic carbocycles.